The summed E-state index contributed by atoms with van der Waals surface area (Å²) in [6.07, 6.45) is 0. The Morgan fingerprint density at radius 1 is 1.31 bits per heavy atom. The van der Waals surface area contributed by atoms with Gasteiger partial charge in [0, 0.05) is 26.2 Å². The summed E-state index contributed by atoms with van der Waals surface area (Å²) in [6, 6.07) is 0. The molecule has 0 unspecified atom stereocenters. The molecule has 1 saturated heterocycles. The van der Waals surface area contributed by atoms with Crippen molar-refractivity contribution in [3.05, 3.63) is 0 Å². The van der Waals surface area contributed by atoms with Crippen molar-refractivity contribution >= 4 is 7.32 Å². The molecule has 1 aliphatic rings. The Kier molecular flexibility index (Phi) is 8.64. The molecule has 0 aromatic carbocycles. The first-order valence-electron chi connectivity index (χ1n) is 4.07. The Morgan fingerprint density at radius 3 is 2.31 bits per heavy atom. The van der Waals surface area contributed by atoms with E-state index in [1.807, 2.05) is 4.90 Å². The summed E-state index contributed by atoms with van der Waals surface area (Å²) in [4.78, 5) is 4.27. The van der Waals surface area contributed by atoms with Crippen LogP contribution in [0.2, 0.25) is 0 Å². The largest absolute Gasteiger partial charge is 1.00 e. The molecule has 1 fully saturated rings. The van der Waals surface area contributed by atoms with Crippen LogP contribution >= 0.6 is 0 Å². The number of hydrogen-bond donors (Lipinski definition) is 2. The fourth-order valence-corrected chi connectivity index (χ4v) is 1.15. The molecule has 7 heteroatoms. The minimum Gasteiger partial charge on any atom is -1.00 e. The Hall–Kier alpha value is 1.50. The summed E-state index contributed by atoms with van der Waals surface area (Å²) in [7, 11) is 0.420. The molecule has 1 rings (SSSR count). The second kappa shape index (κ2) is 7.75. The normalized spacial score (nSPS) is 19.6. The first-order valence-corrected chi connectivity index (χ1v) is 4.07. The first kappa shape index (κ1) is 14.5. The molecule has 72 valence electrons. The van der Waals surface area contributed by atoms with Gasteiger partial charge in [-0.25, -0.2) is 0 Å². The molecule has 0 amide bonds. The van der Waals surface area contributed by atoms with Crippen molar-refractivity contribution in [1.29, 1.82) is 0 Å². The van der Waals surface area contributed by atoms with Gasteiger partial charge in [0.15, 0.2) is 0 Å². The van der Waals surface area contributed by atoms with Gasteiger partial charge < -0.3 is 21.0 Å². The van der Waals surface area contributed by atoms with Gasteiger partial charge in [-0.05, 0) is 7.05 Å². The van der Waals surface area contributed by atoms with Crippen molar-refractivity contribution in [3.8, 4) is 0 Å². The van der Waals surface area contributed by atoms with E-state index in [9.17, 15) is 0 Å². The molecule has 0 bridgehead atoms. The van der Waals surface area contributed by atoms with Crippen molar-refractivity contribution in [3.63, 3.8) is 0 Å². The molecular formula is C6H16BKN2O3. The number of nitrogens with zero attached hydrogens (tertiary/aromatic N) is 2. The zero-order valence-corrected chi connectivity index (χ0v) is 11.4. The SMILES string of the molecule is CN1CCN(COB(O)O)CC1.[H-].[K+]. The van der Waals surface area contributed by atoms with Gasteiger partial charge >= 0.3 is 58.7 Å². The summed E-state index contributed by atoms with van der Waals surface area (Å²) in [5.41, 5.74) is 0. The fourth-order valence-electron chi connectivity index (χ4n) is 1.15. The van der Waals surface area contributed by atoms with Gasteiger partial charge in [-0.1, -0.05) is 0 Å². The van der Waals surface area contributed by atoms with Gasteiger partial charge in [0.1, 0.15) is 0 Å². The van der Waals surface area contributed by atoms with Crippen LogP contribution in [0.5, 0.6) is 0 Å². The standard InChI is InChI=1S/C6H15BN2O3.K.H/c1-8-2-4-9(5-3-8)6-12-7(10)11;;/h10-11H,2-6H2,1H3;;/q;+1;-1. The van der Waals surface area contributed by atoms with E-state index in [0.29, 0.717) is 6.73 Å². The van der Waals surface area contributed by atoms with Gasteiger partial charge in [-0.3, -0.25) is 4.90 Å². The Balaban J connectivity index is 0. The molecule has 0 aliphatic carbocycles. The molecule has 0 aromatic heterocycles. The van der Waals surface area contributed by atoms with Crippen LogP contribution in [0, 0.1) is 0 Å². The molecule has 1 heterocycles. The predicted molar refractivity (Wildman–Crippen MR) is 46.3 cm³/mol. The minimum absolute atomic E-state index is 0. The van der Waals surface area contributed by atoms with Gasteiger partial charge in [-0.15, -0.1) is 0 Å². The van der Waals surface area contributed by atoms with E-state index >= 15 is 0 Å². The number of hydrogen-bond acceptors (Lipinski definition) is 5. The molecule has 0 saturated carbocycles. The Bertz CT molecular complexity index is 138. The maximum atomic E-state index is 8.43. The Morgan fingerprint density at radius 2 is 1.85 bits per heavy atom. The monoisotopic (exact) mass is 214 g/mol. The van der Waals surface area contributed by atoms with E-state index in [0.717, 1.165) is 26.2 Å². The maximum absolute atomic E-state index is 8.43. The van der Waals surface area contributed by atoms with Crippen LogP contribution in [-0.2, 0) is 4.65 Å². The van der Waals surface area contributed by atoms with Crippen molar-refractivity contribution in [2.24, 2.45) is 0 Å². The molecule has 0 atom stereocenters. The summed E-state index contributed by atoms with van der Waals surface area (Å²) >= 11 is 0. The zero-order chi connectivity index (χ0) is 8.97. The van der Waals surface area contributed by atoms with Gasteiger partial charge in [-0.2, -0.15) is 0 Å². The number of piperazine rings is 1. The van der Waals surface area contributed by atoms with Crippen LogP contribution in [0.4, 0.5) is 0 Å². The molecule has 5 nitrogen and oxygen atoms in total. The van der Waals surface area contributed by atoms with Crippen LogP contribution in [-0.4, -0.2) is 67.1 Å². The second-order valence-electron chi connectivity index (χ2n) is 3.04. The average molecular weight is 214 g/mol. The Labute approximate surface area is 123 Å². The predicted octanol–water partition coefficient (Wildman–Crippen LogP) is -4.71. The molecule has 0 radical (unpaired) electrons. The van der Waals surface area contributed by atoms with Gasteiger partial charge in [0.2, 0.25) is 0 Å². The van der Waals surface area contributed by atoms with Crippen LogP contribution in [0.1, 0.15) is 1.43 Å². The topological polar surface area (TPSA) is 56.2 Å². The first-order chi connectivity index (χ1) is 5.68. The van der Waals surface area contributed by atoms with E-state index in [1.54, 1.807) is 0 Å². The van der Waals surface area contributed by atoms with E-state index in [1.165, 1.54) is 0 Å². The number of rotatable bonds is 3. The molecule has 13 heavy (non-hydrogen) atoms. The van der Waals surface area contributed by atoms with E-state index in [2.05, 4.69) is 16.6 Å². The van der Waals surface area contributed by atoms with Crippen LogP contribution in [0.15, 0.2) is 0 Å². The minimum atomic E-state index is -1.65. The summed E-state index contributed by atoms with van der Waals surface area (Å²) in [6.45, 7) is 4.15. The molecule has 0 spiro atoms. The van der Waals surface area contributed by atoms with Gasteiger partial charge in [0.05, 0.1) is 6.73 Å². The van der Waals surface area contributed by atoms with Crippen LogP contribution in [0.25, 0.3) is 0 Å². The smallest absolute Gasteiger partial charge is 1.00 e. The summed E-state index contributed by atoms with van der Waals surface area (Å²) in [5, 5.41) is 16.9. The zero-order valence-electron chi connectivity index (χ0n) is 9.31. The molecule has 0 aromatic rings. The van der Waals surface area contributed by atoms with Crippen molar-refractivity contribution in [2.45, 2.75) is 0 Å². The second-order valence-corrected chi connectivity index (χ2v) is 3.04. The summed E-state index contributed by atoms with van der Waals surface area (Å²) < 4.78 is 4.64. The average Bonchev–Trinajstić information content (AvgIpc) is 2.03. The molecule has 1 aliphatic heterocycles. The quantitative estimate of drug-likeness (QED) is 0.462. The molecular weight excluding hydrogens is 198 g/mol. The van der Waals surface area contributed by atoms with Crippen molar-refractivity contribution in [1.82, 2.24) is 9.80 Å². The van der Waals surface area contributed by atoms with E-state index < -0.39 is 7.32 Å². The van der Waals surface area contributed by atoms with Crippen molar-refractivity contribution in [2.75, 3.05) is 40.0 Å². The van der Waals surface area contributed by atoms with Crippen LogP contribution in [0.3, 0.4) is 0 Å². The van der Waals surface area contributed by atoms with Crippen molar-refractivity contribution < 1.29 is 67.5 Å². The maximum Gasteiger partial charge on any atom is 1.00 e. The van der Waals surface area contributed by atoms with Crippen LogP contribution < -0.4 is 51.4 Å². The third-order valence-electron chi connectivity index (χ3n) is 2.00. The third kappa shape index (κ3) is 6.56. The van der Waals surface area contributed by atoms with Gasteiger partial charge in [0.25, 0.3) is 0 Å². The number of likely N-dealkylation sites (N-methyl/N-ethyl adjacent to an activating group) is 1. The third-order valence-corrected chi connectivity index (χ3v) is 2.00. The molecule has 2 N–H and O–H groups in total. The van der Waals surface area contributed by atoms with E-state index in [-0.39, 0.29) is 52.8 Å². The summed E-state index contributed by atoms with van der Waals surface area (Å²) in [5.74, 6) is 0. The van der Waals surface area contributed by atoms with E-state index in [4.69, 9.17) is 10.0 Å². The fraction of sp³-hybridized carbons (Fsp3) is 1.00.